The molecular weight excluding hydrogens is 440 g/mol. The molecule has 28 heavy (non-hydrogen) atoms. The normalized spacial score (nSPS) is 13.8. The second-order valence-electron chi connectivity index (χ2n) is 6.68. The van der Waals surface area contributed by atoms with Gasteiger partial charge in [0.15, 0.2) is 11.5 Å². The van der Waals surface area contributed by atoms with Gasteiger partial charge in [-0.2, -0.15) is 0 Å². The van der Waals surface area contributed by atoms with Gasteiger partial charge in [-0.15, -0.1) is 11.3 Å². The van der Waals surface area contributed by atoms with Crippen LogP contribution in [0.5, 0.6) is 11.5 Å². The van der Waals surface area contributed by atoms with Crippen LogP contribution in [0.4, 0.5) is 0 Å². The molecule has 1 aliphatic heterocycles. The third-order valence-corrected chi connectivity index (χ3v) is 6.46. The summed E-state index contributed by atoms with van der Waals surface area (Å²) in [6.07, 6.45) is 1.42. The predicted octanol–water partition coefficient (Wildman–Crippen LogP) is 4.03. The Kier molecular flexibility index (Phi) is 7.76. The van der Waals surface area contributed by atoms with Gasteiger partial charge in [0.1, 0.15) is 0 Å². The number of carbonyl (C=O) groups is 1. The fourth-order valence-electron chi connectivity index (χ4n) is 3.34. The highest BCUT2D eigenvalue weighted by atomic mass is 79.9. The molecule has 1 N–H and O–H groups in total. The summed E-state index contributed by atoms with van der Waals surface area (Å²) >= 11 is 5.40. The number of hydrogen-bond donors (Lipinski definition) is 1. The molecule has 0 atom stereocenters. The molecule has 0 saturated heterocycles. The van der Waals surface area contributed by atoms with Gasteiger partial charge in [0, 0.05) is 35.5 Å². The number of halogens is 1. The lowest BCUT2D eigenvalue weighted by molar-refractivity contribution is -0.120. The number of nitrogens with zero attached hydrogens (tertiary/aromatic N) is 1. The van der Waals surface area contributed by atoms with Crippen LogP contribution in [-0.4, -0.2) is 43.7 Å². The minimum Gasteiger partial charge on any atom is -0.490 e. The maximum Gasteiger partial charge on any atom is 0.224 e. The predicted molar refractivity (Wildman–Crippen MR) is 116 cm³/mol. The van der Waals surface area contributed by atoms with Crippen LogP contribution in [0.1, 0.15) is 29.9 Å². The first-order valence-corrected chi connectivity index (χ1v) is 11.4. The summed E-state index contributed by atoms with van der Waals surface area (Å²) in [4.78, 5) is 16.3. The second kappa shape index (κ2) is 10.3. The van der Waals surface area contributed by atoms with Crippen molar-refractivity contribution in [3.63, 3.8) is 0 Å². The summed E-state index contributed by atoms with van der Waals surface area (Å²) in [5.74, 6) is 1.38. The monoisotopic (exact) mass is 466 g/mol. The van der Waals surface area contributed by atoms with Crippen molar-refractivity contribution in [3.8, 4) is 11.5 Å². The standard InChI is InChI=1S/C21H27BrN2O3S/c1-3-26-18-11-16(17(22)13-19(18)27-4-2)12-21(25)23-7-9-24-8-5-20-15(14-24)6-10-28-20/h6,10-11,13H,3-5,7-9,12,14H2,1-2H3,(H,23,25). The van der Waals surface area contributed by atoms with Crippen molar-refractivity contribution < 1.29 is 14.3 Å². The molecule has 1 aromatic carbocycles. The van der Waals surface area contributed by atoms with Gasteiger partial charge in [0.05, 0.1) is 19.6 Å². The molecule has 1 aromatic heterocycles. The lowest BCUT2D eigenvalue weighted by Gasteiger charge is -2.26. The lowest BCUT2D eigenvalue weighted by Crippen LogP contribution is -2.37. The van der Waals surface area contributed by atoms with Gasteiger partial charge in [0.25, 0.3) is 0 Å². The van der Waals surface area contributed by atoms with E-state index >= 15 is 0 Å². The minimum absolute atomic E-state index is 0.0144. The Morgan fingerprint density at radius 2 is 2.00 bits per heavy atom. The zero-order valence-electron chi connectivity index (χ0n) is 16.4. The summed E-state index contributed by atoms with van der Waals surface area (Å²) in [7, 11) is 0. The Hall–Kier alpha value is -1.57. The Bertz CT molecular complexity index is 809. The fraction of sp³-hybridized carbons (Fsp3) is 0.476. The maximum atomic E-state index is 12.4. The fourth-order valence-corrected chi connectivity index (χ4v) is 4.69. The van der Waals surface area contributed by atoms with Crippen molar-refractivity contribution in [2.75, 3.05) is 32.8 Å². The van der Waals surface area contributed by atoms with E-state index < -0.39 is 0 Å². The van der Waals surface area contributed by atoms with E-state index in [0.29, 0.717) is 37.7 Å². The molecule has 0 spiro atoms. The molecule has 0 saturated carbocycles. The first-order chi connectivity index (χ1) is 13.6. The van der Waals surface area contributed by atoms with Crippen molar-refractivity contribution in [2.45, 2.75) is 33.2 Å². The van der Waals surface area contributed by atoms with Crippen molar-refractivity contribution >= 4 is 33.2 Å². The largest absolute Gasteiger partial charge is 0.490 e. The van der Waals surface area contributed by atoms with Crippen molar-refractivity contribution in [3.05, 3.63) is 44.1 Å². The zero-order chi connectivity index (χ0) is 19.9. The highest BCUT2D eigenvalue weighted by Crippen LogP contribution is 2.34. The van der Waals surface area contributed by atoms with E-state index in [4.69, 9.17) is 9.47 Å². The molecule has 1 aliphatic rings. The first kappa shape index (κ1) is 21.1. The van der Waals surface area contributed by atoms with E-state index in [2.05, 4.69) is 37.6 Å². The molecule has 0 aliphatic carbocycles. The molecule has 2 heterocycles. The molecule has 152 valence electrons. The van der Waals surface area contributed by atoms with Gasteiger partial charge in [-0.3, -0.25) is 9.69 Å². The Labute approximate surface area is 179 Å². The van der Waals surface area contributed by atoms with Crippen LogP contribution in [0.2, 0.25) is 0 Å². The zero-order valence-corrected chi connectivity index (χ0v) is 18.8. The summed E-state index contributed by atoms with van der Waals surface area (Å²) in [5, 5.41) is 5.21. The number of ether oxygens (including phenoxy) is 2. The third kappa shape index (κ3) is 5.49. The highest BCUT2D eigenvalue weighted by Gasteiger charge is 2.17. The SMILES string of the molecule is CCOc1cc(Br)c(CC(=O)NCCN2CCc3sccc3C2)cc1OCC. The summed E-state index contributed by atoms with van der Waals surface area (Å²) in [6.45, 7) is 8.56. The number of rotatable bonds is 9. The molecule has 7 heteroatoms. The number of fused-ring (bicyclic) bond motifs is 1. The van der Waals surface area contributed by atoms with Gasteiger partial charge in [-0.25, -0.2) is 0 Å². The van der Waals surface area contributed by atoms with Crippen LogP contribution in [0.25, 0.3) is 0 Å². The van der Waals surface area contributed by atoms with Crippen molar-refractivity contribution in [1.82, 2.24) is 10.2 Å². The van der Waals surface area contributed by atoms with E-state index in [1.165, 1.54) is 10.4 Å². The van der Waals surface area contributed by atoms with E-state index in [9.17, 15) is 4.79 Å². The average molecular weight is 467 g/mol. The smallest absolute Gasteiger partial charge is 0.224 e. The van der Waals surface area contributed by atoms with E-state index in [1.54, 1.807) is 0 Å². The Balaban J connectivity index is 1.51. The van der Waals surface area contributed by atoms with Crippen LogP contribution in [0.3, 0.4) is 0 Å². The highest BCUT2D eigenvalue weighted by molar-refractivity contribution is 9.10. The Morgan fingerprint density at radius 3 is 2.75 bits per heavy atom. The lowest BCUT2D eigenvalue weighted by atomic mass is 10.1. The number of amides is 1. The molecule has 0 unspecified atom stereocenters. The molecule has 0 fully saturated rings. The van der Waals surface area contributed by atoms with Gasteiger partial charge in [0.2, 0.25) is 5.91 Å². The quantitative estimate of drug-likeness (QED) is 0.605. The topological polar surface area (TPSA) is 50.8 Å². The van der Waals surface area contributed by atoms with E-state index in [-0.39, 0.29) is 5.91 Å². The molecule has 0 radical (unpaired) electrons. The van der Waals surface area contributed by atoms with Crippen LogP contribution in [0, 0.1) is 0 Å². The minimum atomic E-state index is 0.0144. The molecule has 0 bridgehead atoms. The number of nitrogens with one attached hydrogen (secondary N) is 1. The van der Waals surface area contributed by atoms with Crippen LogP contribution in [0.15, 0.2) is 28.1 Å². The summed E-state index contributed by atoms with van der Waals surface area (Å²) in [5.41, 5.74) is 2.33. The molecular formula is C21H27BrN2O3S. The number of carbonyl (C=O) groups excluding carboxylic acids is 1. The van der Waals surface area contributed by atoms with Gasteiger partial charge >= 0.3 is 0 Å². The molecule has 5 nitrogen and oxygen atoms in total. The molecule has 2 aromatic rings. The van der Waals surface area contributed by atoms with Crippen LogP contribution >= 0.6 is 27.3 Å². The molecule has 3 rings (SSSR count). The number of benzene rings is 1. The molecule has 1 amide bonds. The van der Waals surface area contributed by atoms with Crippen LogP contribution < -0.4 is 14.8 Å². The van der Waals surface area contributed by atoms with Gasteiger partial charge in [-0.1, -0.05) is 15.9 Å². The second-order valence-corrected chi connectivity index (χ2v) is 8.53. The summed E-state index contributed by atoms with van der Waals surface area (Å²) < 4.78 is 12.1. The number of hydrogen-bond acceptors (Lipinski definition) is 5. The van der Waals surface area contributed by atoms with Gasteiger partial charge in [-0.05, 0) is 55.0 Å². The van der Waals surface area contributed by atoms with Crippen molar-refractivity contribution in [2.24, 2.45) is 0 Å². The Morgan fingerprint density at radius 1 is 1.25 bits per heavy atom. The van der Waals surface area contributed by atoms with E-state index in [0.717, 1.165) is 36.1 Å². The first-order valence-electron chi connectivity index (χ1n) is 9.73. The van der Waals surface area contributed by atoms with E-state index in [1.807, 2.05) is 37.3 Å². The maximum absolute atomic E-state index is 12.4. The average Bonchev–Trinajstić information content (AvgIpc) is 3.13. The van der Waals surface area contributed by atoms with Crippen LogP contribution in [-0.2, 0) is 24.2 Å². The van der Waals surface area contributed by atoms with Gasteiger partial charge < -0.3 is 14.8 Å². The third-order valence-electron chi connectivity index (χ3n) is 4.70. The summed E-state index contributed by atoms with van der Waals surface area (Å²) in [6, 6.07) is 5.98. The van der Waals surface area contributed by atoms with Crippen molar-refractivity contribution in [1.29, 1.82) is 0 Å². The number of thiophene rings is 1.